The van der Waals surface area contributed by atoms with E-state index in [1.165, 1.54) is 35.6 Å². The molecule has 2 heterocycles. The Morgan fingerprint density at radius 2 is 1.78 bits per heavy atom. The lowest BCUT2D eigenvalue weighted by Crippen LogP contribution is -2.37. The van der Waals surface area contributed by atoms with Crippen molar-refractivity contribution in [2.75, 3.05) is 18.4 Å². The van der Waals surface area contributed by atoms with Crippen LogP contribution in [0, 0.1) is 5.92 Å². The van der Waals surface area contributed by atoms with Crippen LogP contribution < -0.4 is 5.32 Å². The van der Waals surface area contributed by atoms with E-state index >= 15 is 0 Å². The molecule has 0 saturated carbocycles. The van der Waals surface area contributed by atoms with Gasteiger partial charge in [-0.25, -0.2) is 8.42 Å². The molecule has 2 N–H and O–H groups in total. The fraction of sp³-hybridized carbons (Fsp3) is 0.368. The monoisotopic (exact) mass is 389 g/mol. The second-order valence-electron chi connectivity index (χ2n) is 6.92. The van der Waals surface area contributed by atoms with Crippen molar-refractivity contribution in [3.05, 3.63) is 47.8 Å². The Labute approximate surface area is 158 Å². The molecule has 3 rings (SSSR count). The van der Waals surface area contributed by atoms with Gasteiger partial charge in [-0.3, -0.25) is 9.59 Å². The number of piperidine rings is 1. The summed E-state index contributed by atoms with van der Waals surface area (Å²) >= 11 is 0. The number of nitrogens with one attached hydrogen (secondary N) is 2. The molecule has 1 aliphatic rings. The maximum absolute atomic E-state index is 12.7. The van der Waals surface area contributed by atoms with Crippen LogP contribution in [0.4, 0.5) is 5.69 Å². The maximum atomic E-state index is 12.7. The average Bonchev–Trinajstić information content (AvgIpc) is 3.13. The highest BCUT2D eigenvalue weighted by Gasteiger charge is 2.27. The molecule has 8 heteroatoms. The van der Waals surface area contributed by atoms with Gasteiger partial charge in [0.25, 0.3) is 5.91 Å². The first-order valence-corrected chi connectivity index (χ1v) is 10.3. The van der Waals surface area contributed by atoms with Gasteiger partial charge in [-0.05, 0) is 56.0 Å². The summed E-state index contributed by atoms with van der Waals surface area (Å²) in [7, 11) is -3.51. The van der Waals surface area contributed by atoms with Gasteiger partial charge in [0.15, 0.2) is 5.78 Å². The molecule has 0 unspecified atom stereocenters. The fourth-order valence-corrected chi connectivity index (χ4v) is 4.48. The molecule has 0 radical (unpaired) electrons. The van der Waals surface area contributed by atoms with E-state index in [0.29, 0.717) is 30.3 Å². The Morgan fingerprint density at radius 1 is 1.15 bits per heavy atom. The molecule has 0 atom stereocenters. The number of sulfonamides is 1. The van der Waals surface area contributed by atoms with Crippen LogP contribution >= 0.6 is 0 Å². The standard InChI is InChI=1S/C19H23N3O4S/c1-13-7-9-22(10-8-13)27(25,26)17-5-3-16(4-6-17)21-19(24)18-11-15(12-20-18)14(2)23/h3-6,11-13,20H,7-10H2,1-2H3,(H,21,24). The third kappa shape index (κ3) is 4.28. The van der Waals surface area contributed by atoms with Gasteiger partial charge in [0.05, 0.1) is 4.90 Å². The zero-order valence-electron chi connectivity index (χ0n) is 15.4. The Morgan fingerprint density at radius 3 is 2.33 bits per heavy atom. The van der Waals surface area contributed by atoms with E-state index in [-0.39, 0.29) is 16.4 Å². The first kappa shape index (κ1) is 19.3. The van der Waals surface area contributed by atoms with Crippen LogP contribution in [0.5, 0.6) is 0 Å². The van der Waals surface area contributed by atoms with Crippen molar-refractivity contribution in [2.45, 2.75) is 31.6 Å². The van der Waals surface area contributed by atoms with Crippen molar-refractivity contribution >= 4 is 27.4 Å². The van der Waals surface area contributed by atoms with Crippen molar-refractivity contribution < 1.29 is 18.0 Å². The van der Waals surface area contributed by atoms with Crippen LogP contribution in [0.2, 0.25) is 0 Å². The van der Waals surface area contributed by atoms with Crippen molar-refractivity contribution in [3.63, 3.8) is 0 Å². The molecule has 0 aliphatic carbocycles. The fourth-order valence-electron chi connectivity index (χ4n) is 3.01. The highest BCUT2D eigenvalue weighted by molar-refractivity contribution is 7.89. The molecule has 27 heavy (non-hydrogen) atoms. The summed E-state index contributed by atoms with van der Waals surface area (Å²) in [6.45, 7) is 4.62. The van der Waals surface area contributed by atoms with Gasteiger partial charge >= 0.3 is 0 Å². The molecule has 7 nitrogen and oxygen atoms in total. The van der Waals surface area contributed by atoms with Crippen LogP contribution in [-0.4, -0.2) is 42.5 Å². The van der Waals surface area contributed by atoms with Crippen LogP contribution in [-0.2, 0) is 10.0 Å². The number of rotatable bonds is 5. The zero-order chi connectivity index (χ0) is 19.6. The second-order valence-corrected chi connectivity index (χ2v) is 8.86. The summed E-state index contributed by atoms with van der Waals surface area (Å²) in [4.78, 5) is 26.5. The van der Waals surface area contributed by atoms with E-state index < -0.39 is 15.9 Å². The Kier molecular flexibility index (Phi) is 5.48. The Bertz CT molecular complexity index is 940. The molecule has 144 valence electrons. The molecule has 0 bridgehead atoms. The van der Waals surface area contributed by atoms with Crippen molar-refractivity contribution in [3.8, 4) is 0 Å². The Balaban J connectivity index is 1.69. The quantitative estimate of drug-likeness (QED) is 0.768. The van der Waals surface area contributed by atoms with E-state index in [2.05, 4.69) is 17.2 Å². The lowest BCUT2D eigenvalue weighted by molar-refractivity contribution is 0.101. The summed E-state index contributed by atoms with van der Waals surface area (Å²) in [5, 5.41) is 2.68. The topological polar surface area (TPSA) is 99.3 Å². The molecule has 1 aromatic heterocycles. The molecule has 1 fully saturated rings. The number of aromatic amines is 1. The number of carbonyl (C=O) groups is 2. The summed E-state index contributed by atoms with van der Waals surface area (Å²) in [5.74, 6) is 0.0145. The minimum absolute atomic E-state index is 0.132. The van der Waals surface area contributed by atoms with Crippen LogP contribution in [0.25, 0.3) is 0 Å². The molecule has 1 aromatic carbocycles. The number of H-pyrrole nitrogens is 1. The number of aromatic nitrogens is 1. The molecular formula is C19H23N3O4S. The highest BCUT2D eigenvalue weighted by atomic mass is 32.2. The van der Waals surface area contributed by atoms with Gasteiger partial charge in [0.2, 0.25) is 10.0 Å². The summed E-state index contributed by atoms with van der Waals surface area (Å²) in [5.41, 5.74) is 1.17. The van der Waals surface area contributed by atoms with Gasteiger partial charge in [0, 0.05) is 30.5 Å². The SMILES string of the molecule is CC(=O)c1c[nH]c(C(=O)Nc2ccc(S(=O)(=O)N3CCC(C)CC3)cc2)c1. The number of hydrogen-bond donors (Lipinski definition) is 2. The van der Waals surface area contributed by atoms with E-state index in [9.17, 15) is 18.0 Å². The molecule has 0 spiro atoms. The molecule has 1 aliphatic heterocycles. The van der Waals surface area contributed by atoms with Gasteiger partial charge in [-0.1, -0.05) is 6.92 Å². The summed E-state index contributed by atoms with van der Waals surface area (Å²) < 4.78 is 27.0. The molecular weight excluding hydrogens is 366 g/mol. The highest BCUT2D eigenvalue weighted by Crippen LogP contribution is 2.24. The number of Topliss-reactive ketones (excluding diaryl/α,β-unsaturated/α-hetero) is 1. The number of anilines is 1. The normalized spacial score (nSPS) is 16.2. The van der Waals surface area contributed by atoms with Crippen molar-refractivity contribution in [1.29, 1.82) is 0 Å². The number of carbonyl (C=O) groups excluding carboxylic acids is 2. The summed E-state index contributed by atoms with van der Waals surface area (Å²) in [6, 6.07) is 7.60. The van der Waals surface area contributed by atoms with E-state index in [1.807, 2.05) is 0 Å². The van der Waals surface area contributed by atoms with Crippen molar-refractivity contribution in [2.24, 2.45) is 5.92 Å². The number of nitrogens with zero attached hydrogens (tertiary/aromatic N) is 1. The molecule has 2 aromatic rings. The lowest BCUT2D eigenvalue weighted by Gasteiger charge is -2.29. The van der Waals surface area contributed by atoms with Crippen LogP contribution in [0.1, 0.15) is 47.5 Å². The third-order valence-electron chi connectivity index (χ3n) is 4.83. The lowest BCUT2D eigenvalue weighted by atomic mass is 10.0. The number of hydrogen-bond acceptors (Lipinski definition) is 4. The van der Waals surface area contributed by atoms with Gasteiger partial charge in [-0.2, -0.15) is 4.31 Å². The largest absolute Gasteiger partial charge is 0.356 e. The minimum atomic E-state index is -3.51. The Hall–Kier alpha value is -2.45. The number of benzene rings is 1. The van der Waals surface area contributed by atoms with E-state index in [4.69, 9.17) is 0 Å². The van der Waals surface area contributed by atoms with E-state index in [0.717, 1.165) is 12.8 Å². The third-order valence-corrected chi connectivity index (χ3v) is 6.74. The predicted molar refractivity (Wildman–Crippen MR) is 102 cm³/mol. The van der Waals surface area contributed by atoms with Crippen LogP contribution in [0.3, 0.4) is 0 Å². The maximum Gasteiger partial charge on any atom is 0.272 e. The minimum Gasteiger partial charge on any atom is -0.356 e. The summed E-state index contributed by atoms with van der Waals surface area (Å²) in [6.07, 6.45) is 3.21. The van der Waals surface area contributed by atoms with E-state index in [1.54, 1.807) is 12.1 Å². The number of ketones is 1. The first-order chi connectivity index (χ1) is 12.8. The van der Waals surface area contributed by atoms with Crippen LogP contribution in [0.15, 0.2) is 41.4 Å². The first-order valence-electron chi connectivity index (χ1n) is 8.88. The molecule has 1 amide bonds. The predicted octanol–water partition coefficient (Wildman–Crippen LogP) is 2.89. The average molecular weight is 389 g/mol. The van der Waals surface area contributed by atoms with Gasteiger partial charge < -0.3 is 10.3 Å². The second kappa shape index (κ2) is 7.66. The number of amides is 1. The van der Waals surface area contributed by atoms with Crippen molar-refractivity contribution in [1.82, 2.24) is 9.29 Å². The van der Waals surface area contributed by atoms with Gasteiger partial charge in [-0.15, -0.1) is 0 Å². The van der Waals surface area contributed by atoms with Gasteiger partial charge in [0.1, 0.15) is 5.69 Å². The molecule has 1 saturated heterocycles. The zero-order valence-corrected chi connectivity index (χ0v) is 16.2. The smallest absolute Gasteiger partial charge is 0.272 e.